The summed E-state index contributed by atoms with van der Waals surface area (Å²) in [7, 11) is 0. The van der Waals surface area contributed by atoms with E-state index in [9.17, 15) is 33.9 Å². The van der Waals surface area contributed by atoms with Gasteiger partial charge in [-0.3, -0.25) is 41.1 Å². The molecular weight excluding hydrogens is 1290 g/mol. The fourth-order valence-electron chi connectivity index (χ4n) is 11.2. The van der Waals surface area contributed by atoms with Gasteiger partial charge in [0.1, 0.15) is 60.4 Å². The third kappa shape index (κ3) is 11.9. The normalized spacial score (nSPS) is 37.1. The summed E-state index contributed by atoms with van der Waals surface area (Å²) < 4.78 is 94.2. The van der Waals surface area contributed by atoms with E-state index in [1.165, 1.54) is 62.7 Å². The van der Waals surface area contributed by atoms with Crippen molar-refractivity contribution in [2.24, 2.45) is 5.92 Å². The summed E-state index contributed by atoms with van der Waals surface area (Å²) in [6.07, 6.45) is 4.11. The quantitative estimate of drug-likeness (QED) is 0.0969. The summed E-state index contributed by atoms with van der Waals surface area (Å²) in [5, 5.41) is 12.7. The largest absolute Gasteiger partial charge is 0.398 e. The third-order valence-corrected chi connectivity index (χ3v) is 21.8. The Balaban J connectivity index is 0.000000160. The molecule has 0 spiro atoms. The lowest BCUT2D eigenvalue weighted by Crippen LogP contribution is -2.36. The van der Waals surface area contributed by atoms with Crippen molar-refractivity contribution in [1.29, 1.82) is 0 Å². The third-order valence-electron chi connectivity index (χ3n) is 15.4. The Hall–Kier alpha value is -4.29. The van der Waals surface area contributed by atoms with Gasteiger partial charge in [0, 0.05) is 115 Å². The first-order chi connectivity index (χ1) is 41.0. The first kappa shape index (κ1) is 60.6. The molecule has 8 aromatic rings. The molecule has 0 amide bonds. The van der Waals surface area contributed by atoms with Crippen LogP contribution in [-0.2, 0) is 95.1 Å². The molecule has 0 radical (unpaired) electrons. The second-order valence-corrected chi connectivity index (χ2v) is 32.0. The van der Waals surface area contributed by atoms with Crippen LogP contribution in [0.3, 0.4) is 0 Å². The van der Waals surface area contributed by atoms with Gasteiger partial charge in [-0.2, -0.15) is 0 Å². The molecule has 4 unspecified atom stereocenters. The Labute approximate surface area is 505 Å². The number of fused-ring (bicyclic) bond motifs is 10. The van der Waals surface area contributed by atoms with E-state index in [1.807, 2.05) is 19.1 Å². The Bertz CT molecular complexity index is 3970. The highest BCUT2D eigenvalue weighted by atomic mass is 32.7. The lowest BCUT2D eigenvalue weighted by atomic mass is 10.0. The molecule has 14 heterocycles. The van der Waals surface area contributed by atoms with Crippen molar-refractivity contribution in [3.05, 3.63) is 119 Å². The van der Waals surface area contributed by atoms with Crippen molar-refractivity contribution in [1.82, 2.24) is 47.0 Å². The predicted octanol–water partition coefficient (Wildman–Crippen LogP) is 3.95. The monoisotopic (exact) mass is 1340 g/mol. The van der Waals surface area contributed by atoms with Gasteiger partial charge in [0.05, 0.1) is 44.7 Å². The number of nitrogen functional groups attached to an aromatic ring is 2. The van der Waals surface area contributed by atoms with Crippen LogP contribution in [0.2, 0.25) is 0 Å². The standard InChI is InChI=1S/C24H28N6O9P2S2.C23H26N6O10P2S2/c1-13-17-11-34-40(32,42)38-16-10-20(29-7-3-14-15(25)2-5-26-22(14)29)36-18(16)12-35-41(33,43)39-21(13)23(37-17)30-8-4-19(31)28-9-6-27-24(28)30;24-13-1-4-25-21-12(13)2-6-28(21)18-9-14-15(36-18)10-34-41(33,43)39-20-19(31)16(11-35-40(32,42)38-14)37-22(20)29-7-3-17(30)27-8-5-26-23(27)29/h2-9,13,16-18,20-21,23H,10-12H2,1H3,(H2,25,26)(H,32,42)(H,33,43);1-8,14-16,18-20,22,31H,9-11H2,(H2,24,25)(H,32,42)(H,33,43)/t13-,16+,17-,18-,20-,21-,23-,40?,41?;14-,15+,16+,18+,19+,20+,22+,40?,41?/m10/s1. The molecule has 31 nitrogen and oxygen atoms in total. The van der Waals surface area contributed by atoms with Crippen LogP contribution in [0, 0.1) is 5.92 Å². The summed E-state index contributed by atoms with van der Waals surface area (Å²) in [5.74, 6) is 0.0284. The Kier molecular flexibility index (Phi) is 16.6. The van der Waals surface area contributed by atoms with Crippen LogP contribution in [0.4, 0.5) is 11.4 Å². The average molecular weight is 1340 g/mol. The van der Waals surface area contributed by atoms with E-state index in [1.54, 1.807) is 50.6 Å². The first-order valence-electron chi connectivity index (χ1n) is 26.4. The second kappa shape index (κ2) is 23.5. The van der Waals surface area contributed by atoms with Gasteiger partial charge >= 0.3 is 27.0 Å². The molecule has 8 aromatic heterocycles. The minimum Gasteiger partial charge on any atom is -0.398 e. The van der Waals surface area contributed by atoms with Crippen molar-refractivity contribution in [2.75, 3.05) is 37.9 Å². The van der Waals surface area contributed by atoms with Gasteiger partial charge in [-0.15, -0.1) is 0 Å². The number of hydrogen-bond acceptors (Lipinski definition) is 25. The van der Waals surface area contributed by atoms with Gasteiger partial charge in [0.2, 0.25) is 11.6 Å². The van der Waals surface area contributed by atoms with Gasteiger partial charge < -0.3 is 82.0 Å². The summed E-state index contributed by atoms with van der Waals surface area (Å²) >= 11 is 20.3. The van der Waals surface area contributed by atoms with E-state index in [2.05, 4.69) is 32.2 Å². The highest BCUT2D eigenvalue weighted by molar-refractivity contribution is 8.44. The number of anilines is 2. The molecule has 4 bridgehead atoms. The van der Waals surface area contributed by atoms with Crippen molar-refractivity contribution in [2.45, 2.75) is 99.6 Å². The Morgan fingerprint density at radius 1 is 0.535 bits per heavy atom. The zero-order valence-corrected chi connectivity index (χ0v) is 51.5. The average Bonchev–Trinajstić information content (AvgIpc) is 2.68. The molecule has 0 aromatic carbocycles. The predicted molar refractivity (Wildman–Crippen MR) is 317 cm³/mol. The summed E-state index contributed by atoms with van der Waals surface area (Å²) in [6, 6.07) is 9.67. The molecule has 6 aliphatic heterocycles. The molecule has 6 fully saturated rings. The van der Waals surface area contributed by atoms with Gasteiger partial charge in [0.15, 0.2) is 12.5 Å². The maximum absolute atomic E-state index is 13.6. The minimum atomic E-state index is -4.06. The molecule has 6 aliphatic rings. The van der Waals surface area contributed by atoms with E-state index in [0.717, 1.165) is 10.8 Å². The van der Waals surface area contributed by atoms with Gasteiger partial charge in [-0.1, -0.05) is 19.2 Å². The van der Waals surface area contributed by atoms with E-state index >= 15 is 0 Å². The van der Waals surface area contributed by atoms with Gasteiger partial charge in [-0.05, 0) is 59.7 Å². The fourth-order valence-corrected chi connectivity index (χ4v) is 17.1. The highest BCUT2D eigenvalue weighted by Crippen LogP contribution is 2.60. The van der Waals surface area contributed by atoms with Crippen LogP contribution in [0.15, 0.2) is 108 Å². The highest BCUT2D eigenvalue weighted by Gasteiger charge is 2.52. The Morgan fingerprint density at radius 3 is 1.50 bits per heavy atom. The molecular formula is C47H54N12O19P4S4. The lowest BCUT2D eigenvalue weighted by molar-refractivity contribution is -0.0603. The number of ether oxygens (including phenoxy) is 4. The van der Waals surface area contributed by atoms with Crippen LogP contribution < -0.4 is 22.6 Å². The van der Waals surface area contributed by atoms with Crippen molar-refractivity contribution < 1.29 is 79.5 Å². The molecule has 86 heavy (non-hydrogen) atoms. The van der Waals surface area contributed by atoms with Gasteiger partial charge in [0.25, 0.3) is 11.1 Å². The Morgan fingerprint density at radius 2 is 0.977 bits per heavy atom. The van der Waals surface area contributed by atoms with Crippen LogP contribution in [-0.4, -0.2) is 148 Å². The second-order valence-electron chi connectivity index (χ2n) is 20.7. The molecule has 18 atom stereocenters. The van der Waals surface area contributed by atoms with E-state index in [0.29, 0.717) is 22.7 Å². The van der Waals surface area contributed by atoms with Crippen LogP contribution in [0.25, 0.3) is 33.6 Å². The number of aromatic nitrogens is 10. The smallest absolute Gasteiger partial charge is 0.386 e. The minimum absolute atomic E-state index is 0.152. The van der Waals surface area contributed by atoms with Gasteiger partial charge in [-0.25, -0.2) is 24.5 Å². The number of rotatable bonds is 4. The lowest BCUT2D eigenvalue weighted by Gasteiger charge is -2.28. The number of nitrogens with two attached hydrogens (primary N) is 2. The molecule has 6 saturated heterocycles. The summed E-state index contributed by atoms with van der Waals surface area (Å²) in [6.45, 7) is -15.1. The molecule has 39 heteroatoms. The topological polar surface area (TPSA) is 375 Å². The molecule has 0 aliphatic carbocycles. The van der Waals surface area contributed by atoms with Crippen LogP contribution >= 0.6 is 39.2 Å². The molecule has 14 rings (SSSR count). The molecule has 8 N–H and O–H groups in total. The molecule has 0 saturated carbocycles. The number of imidazole rings is 2. The van der Waals surface area contributed by atoms with Crippen molar-refractivity contribution in [3.63, 3.8) is 0 Å². The zero-order chi connectivity index (χ0) is 60.2. The van der Waals surface area contributed by atoms with Crippen LogP contribution in [0.5, 0.6) is 0 Å². The first-order valence-corrected chi connectivity index (χ1v) is 36.9. The number of nitrogens with zero attached hydrogens (tertiary/aromatic N) is 10. The summed E-state index contributed by atoms with van der Waals surface area (Å²) in [5.41, 5.74) is 13.9. The zero-order valence-electron chi connectivity index (χ0n) is 44.6. The maximum atomic E-state index is 13.6. The maximum Gasteiger partial charge on any atom is 0.386 e. The van der Waals surface area contributed by atoms with Crippen molar-refractivity contribution >= 4 is 120 Å². The van der Waals surface area contributed by atoms with Crippen molar-refractivity contribution in [3.8, 4) is 0 Å². The SMILES string of the molecule is C[C@H]1[C@H]2OP(=O)(S)OC[C@H]3O[C@@H](n4ccc5c(N)ccnc54)C[C@@H]3OP(O)(=S)OC[C@H]1O[C@H]2n1ccc(=O)n2ccnc12.Nc1ccnc2c1ccn2[C@H]1C[C@@H]2OP(O)(=S)OC[C@H]3O[C@@H](n4ccc(=O)n5ccnc45)[C@H](OP(O)(=S)OC[C@H]2O1)[C@@H]3O. The van der Waals surface area contributed by atoms with Crippen LogP contribution in [0.1, 0.15) is 44.7 Å². The van der Waals surface area contributed by atoms with E-state index in [4.69, 9.17) is 102 Å². The fraction of sp³-hybridized carbons (Fsp3) is 0.447. The number of thiol groups is 1. The van der Waals surface area contributed by atoms with E-state index < -0.39 is 119 Å². The number of hydrogen-bond donors (Lipinski definition) is 7. The summed E-state index contributed by atoms with van der Waals surface area (Å²) in [4.78, 5) is 75.1. The number of aliphatic hydroxyl groups excluding tert-OH is 1. The number of aliphatic hydroxyl groups is 1. The van der Waals surface area contributed by atoms with E-state index in [-0.39, 0.29) is 55.3 Å². The molecule has 460 valence electrons. The number of pyridine rings is 2.